The molecule has 0 aromatic heterocycles. The molecule has 2 rings (SSSR count). The van der Waals surface area contributed by atoms with Gasteiger partial charge in [0.05, 0.1) is 6.04 Å². The van der Waals surface area contributed by atoms with Crippen molar-refractivity contribution in [2.24, 2.45) is 0 Å². The SMILES string of the molecule is CC(=O)CCC(c1ccccc1)N(C)c1ccccc1. The third-order valence-corrected chi connectivity index (χ3v) is 3.59. The Morgan fingerprint density at radius 3 is 2.10 bits per heavy atom. The zero-order valence-corrected chi connectivity index (χ0v) is 12.1. The van der Waals surface area contributed by atoms with Crippen LogP contribution in [0, 0.1) is 0 Å². The Kier molecular flexibility index (Phi) is 4.94. The summed E-state index contributed by atoms with van der Waals surface area (Å²) in [6.07, 6.45) is 1.45. The smallest absolute Gasteiger partial charge is 0.129 e. The maximum absolute atomic E-state index is 11.3. The average molecular weight is 267 g/mol. The second-order valence-corrected chi connectivity index (χ2v) is 5.11. The van der Waals surface area contributed by atoms with Crippen molar-refractivity contribution in [1.29, 1.82) is 0 Å². The summed E-state index contributed by atoms with van der Waals surface area (Å²) < 4.78 is 0. The highest BCUT2D eigenvalue weighted by molar-refractivity contribution is 5.75. The van der Waals surface area contributed by atoms with Gasteiger partial charge in [-0.2, -0.15) is 0 Å². The molecule has 0 amide bonds. The number of Topliss-reactive ketones (excluding diaryl/α,β-unsaturated/α-hetero) is 1. The zero-order chi connectivity index (χ0) is 14.4. The second-order valence-electron chi connectivity index (χ2n) is 5.11. The monoisotopic (exact) mass is 267 g/mol. The first-order valence-corrected chi connectivity index (χ1v) is 7.00. The maximum Gasteiger partial charge on any atom is 0.129 e. The Balaban J connectivity index is 2.24. The van der Waals surface area contributed by atoms with E-state index in [1.807, 2.05) is 24.3 Å². The van der Waals surface area contributed by atoms with Gasteiger partial charge in [-0.1, -0.05) is 48.5 Å². The fourth-order valence-corrected chi connectivity index (χ4v) is 2.44. The van der Waals surface area contributed by atoms with Crippen molar-refractivity contribution in [2.45, 2.75) is 25.8 Å². The molecule has 0 aliphatic heterocycles. The van der Waals surface area contributed by atoms with Crippen molar-refractivity contribution in [1.82, 2.24) is 0 Å². The molecule has 0 saturated heterocycles. The zero-order valence-electron chi connectivity index (χ0n) is 12.1. The van der Waals surface area contributed by atoms with Crippen molar-refractivity contribution < 1.29 is 4.79 Å². The summed E-state index contributed by atoms with van der Waals surface area (Å²) in [4.78, 5) is 13.6. The Hall–Kier alpha value is -2.09. The first-order chi connectivity index (χ1) is 9.68. The van der Waals surface area contributed by atoms with E-state index in [1.165, 1.54) is 11.3 Å². The van der Waals surface area contributed by atoms with Gasteiger partial charge in [0.15, 0.2) is 0 Å². The number of carbonyl (C=O) groups is 1. The van der Waals surface area contributed by atoms with E-state index in [1.54, 1.807) is 6.92 Å². The van der Waals surface area contributed by atoms with Crippen LogP contribution in [0.5, 0.6) is 0 Å². The summed E-state index contributed by atoms with van der Waals surface area (Å²) in [7, 11) is 2.09. The molecule has 1 unspecified atom stereocenters. The van der Waals surface area contributed by atoms with E-state index in [0.717, 1.165) is 6.42 Å². The largest absolute Gasteiger partial charge is 0.368 e. The molecule has 0 heterocycles. The number of nitrogens with zero attached hydrogens (tertiary/aromatic N) is 1. The van der Waals surface area contributed by atoms with Gasteiger partial charge in [-0.05, 0) is 31.0 Å². The molecule has 0 spiro atoms. The van der Waals surface area contributed by atoms with Gasteiger partial charge in [0.1, 0.15) is 5.78 Å². The third-order valence-electron chi connectivity index (χ3n) is 3.59. The molecule has 2 aromatic carbocycles. The lowest BCUT2D eigenvalue weighted by Crippen LogP contribution is -2.24. The van der Waals surface area contributed by atoms with Gasteiger partial charge in [0.25, 0.3) is 0 Å². The summed E-state index contributed by atoms with van der Waals surface area (Å²) in [6, 6.07) is 20.9. The third kappa shape index (κ3) is 3.70. The number of benzene rings is 2. The Bertz CT molecular complexity index is 536. The number of para-hydroxylation sites is 1. The summed E-state index contributed by atoms with van der Waals surface area (Å²) in [5, 5.41) is 0. The van der Waals surface area contributed by atoms with Crippen LogP contribution in [0.4, 0.5) is 5.69 Å². The van der Waals surface area contributed by atoms with Gasteiger partial charge in [0.2, 0.25) is 0 Å². The number of hydrogen-bond donors (Lipinski definition) is 0. The van der Waals surface area contributed by atoms with Crippen molar-refractivity contribution in [3.05, 3.63) is 66.2 Å². The normalized spacial score (nSPS) is 11.9. The molecular weight excluding hydrogens is 246 g/mol. The van der Waals surface area contributed by atoms with Crippen LogP contribution in [-0.2, 0) is 4.79 Å². The van der Waals surface area contributed by atoms with E-state index < -0.39 is 0 Å². The van der Waals surface area contributed by atoms with Crippen LogP contribution in [0.3, 0.4) is 0 Å². The first-order valence-electron chi connectivity index (χ1n) is 7.00. The van der Waals surface area contributed by atoms with Crippen molar-refractivity contribution >= 4 is 11.5 Å². The molecule has 0 aliphatic rings. The highest BCUT2D eigenvalue weighted by Crippen LogP contribution is 2.29. The molecule has 0 radical (unpaired) electrons. The van der Waals surface area contributed by atoms with Gasteiger partial charge < -0.3 is 9.69 Å². The minimum Gasteiger partial charge on any atom is -0.368 e. The van der Waals surface area contributed by atoms with Crippen LogP contribution in [0.1, 0.15) is 31.4 Å². The predicted molar refractivity (Wildman–Crippen MR) is 83.9 cm³/mol. The minimum absolute atomic E-state index is 0.225. The maximum atomic E-state index is 11.3. The van der Waals surface area contributed by atoms with Gasteiger partial charge in [-0.25, -0.2) is 0 Å². The van der Waals surface area contributed by atoms with Crippen molar-refractivity contribution in [2.75, 3.05) is 11.9 Å². The van der Waals surface area contributed by atoms with Crippen LogP contribution in [0.15, 0.2) is 60.7 Å². The quantitative estimate of drug-likeness (QED) is 0.780. The van der Waals surface area contributed by atoms with Crippen LogP contribution in [-0.4, -0.2) is 12.8 Å². The Labute approximate surface area is 121 Å². The molecule has 20 heavy (non-hydrogen) atoms. The van der Waals surface area contributed by atoms with E-state index >= 15 is 0 Å². The lowest BCUT2D eigenvalue weighted by atomic mass is 9.99. The van der Waals surface area contributed by atoms with Crippen molar-refractivity contribution in [3.63, 3.8) is 0 Å². The predicted octanol–water partition coefficient (Wildman–Crippen LogP) is 4.23. The molecule has 0 aliphatic carbocycles. The molecule has 0 bridgehead atoms. The number of ketones is 1. The van der Waals surface area contributed by atoms with Crippen LogP contribution in [0.25, 0.3) is 0 Å². The van der Waals surface area contributed by atoms with Crippen molar-refractivity contribution in [3.8, 4) is 0 Å². The molecule has 104 valence electrons. The van der Waals surface area contributed by atoms with E-state index in [-0.39, 0.29) is 11.8 Å². The Morgan fingerprint density at radius 2 is 1.55 bits per heavy atom. The first kappa shape index (κ1) is 14.3. The Morgan fingerprint density at radius 1 is 1.00 bits per heavy atom. The molecule has 2 nitrogen and oxygen atoms in total. The molecule has 1 atom stereocenters. The van der Waals surface area contributed by atoms with Crippen LogP contribution in [0.2, 0.25) is 0 Å². The van der Waals surface area contributed by atoms with Gasteiger partial charge in [-0.15, -0.1) is 0 Å². The summed E-state index contributed by atoms with van der Waals surface area (Å²) in [5.41, 5.74) is 2.42. The van der Waals surface area contributed by atoms with Crippen LogP contribution < -0.4 is 4.90 Å². The summed E-state index contributed by atoms with van der Waals surface area (Å²) in [6.45, 7) is 1.66. The standard InChI is InChI=1S/C18H21NO/c1-15(20)13-14-18(16-9-5-3-6-10-16)19(2)17-11-7-4-8-12-17/h3-12,18H,13-14H2,1-2H3. The topological polar surface area (TPSA) is 20.3 Å². The lowest BCUT2D eigenvalue weighted by Gasteiger charge is -2.30. The summed E-state index contributed by atoms with van der Waals surface area (Å²) >= 11 is 0. The summed E-state index contributed by atoms with van der Waals surface area (Å²) in [5.74, 6) is 0.243. The fourth-order valence-electron chi connectivity index (χ4n) is 2.44. The van der Waals surface area contributed by atoms with E-state index in [0.29, 0.717) is 6.42 Å². The molecule has 2 aromatic rings. The second kappa shape index (κ2) is 6.90. The lowest BCUT2D eigenvalue weighted by molar-refractivity contribution is -0.117. The average Bonchev–Trinajstić information content (AvgIpc) is 2.49. The number of anilines is 1. The highest BCUT2D eigenvalue weighted by Gasteiger charge is 2.17. The van der Waals surface area contributed by atoms with Gasteiger partial charge >= 0.3 is 0 Å². The molecular formula is C18H21NO. The fraction of sp³-hybridized carbons (Fsp3) is 0.278. The van der Waals surface area contributed by atoms with E-state index in [2.05, 4.69) is 48.3 Å². The number of hydrogen-bond acceptors (Lipinski definition) is 2. The molecule has 2 heteroatoms. The highest BCUT2D eigenvalue weighted by atomic mass is 16.1. The number of rotatable bonds is 6. The molecule has 0 N–H and O–H groups in total. The number of carbonyl (C=O) groups excluding carboxylic acids is 1. The van der Waals surface area contributed by atoms with Gasteiger partial charge in [-0.3, -0.25) is 0 Å². The van der Waals surface area contributed by atoms with Crippen LogP contribution >= 0.6 is 0 Å². The molecule has 0 saturated carbocycles. The minimum atomic E-state index is 0.225. The van der Waals surface area contributed by atoms with E-state index in [9.17, 15) is 4.79 Å². The molecule has 0 fully saturated rings. The van der Waals surface area contributed by atoms with Gasteiger partial charge in [0, 0.05) is 19.2 Å². The van der Waals surface area contributed by atoms with E-state index in [4.69, 9.17) is 0 Å².